The number of primary amides is 1. The zero-order valence-electron chi connectivity index (χ0n) is 16.0. The summed E-state index contributed by atoms with van der Waals surface area (Å²) in [5.74, 6) is 0.949. The number of nitrogens with two attached hydrogens (primary N) is 1. The molecule has 9 heteroatoms. The average Bonchev–Trinajstić information content (AvgIpc) is 3.35. The molecule has 1 saturated heterocycles. The predicted molar refractivity (Wildman–Crippen MR) is 116 cm³/mol. The van der Waals surface area contributed by atoms with Gasteiger partial charge in [0.25, 0.3) is 0 Å². The van der Waals surface area contributed by atoms with Gasteiger partial charge < -0.3 is 25.5 Å². The second-order valence-electron chi connectivity index (χ2n) is 6.82. The minimum atomic E-state index is -0.370. The lowest BCUT2D eigenvalue weighted by Gasteiger charge is -2.24. The van der Waals surface area contributed by atoms with Crippen molar-refractivity contribution in [3.63, 3.8) is 0 Å². The molecule has 0 bridgehead atoms. The summed E-state index contributed by atoms with van der Waals surface area (Å²) in [5.41, 5.74) is 8.04. The lowest BCUT2D eigenvalue weighted by molar-refractivity contribution is -0.119. The third-order valence-corrected chi connectivity index (χ3v) is 4.90. The van der Waals surface area contributed by atoms with Crippen LogP contribution in [0.15, 0.2) is 36.4 Å². The molecule has 154 valence electrons. The zero-order valence-corrected chi connectivity index (χ0v) is 17.0. The van der Waals surface area contributed by atoms with Crippen LogP contribution >= 0.6 is 13.5 Å². The van der Waals surface area contributed by atoms with E-state index in [1.165, 1.54) is 0 Å². The van der Waals surface area contributed by atoms with Crippen LogP contribution in [0.5, 0.6) is 0 Å². The Morgan fingerprint density at radius 2 is 2.10 bits per heavy atom. The van der Waals surface area contributed by atoms with E-state index in [-0.39, 0.29) is 38.7 Å². The van der Waals surface area contributed by atoms with Crippen molar-refractivity contribution in [1.82, 2.24) is 15.0 Å². The highest BCUT2D eigenvalue weighted by molar-refractivity contribution is 7.59. The number of nitrogens with one attached hydrogen (secondary N) is 1. The molecule has 4 rings (SSSR count). The SMILES string of the molecule is NC(=O)C1CCCN1c1nc(-c2ccccc2)nc2[nH]c(COCCO)cc12.S. The number of H-pyrrole nitrogens is 1. The molecule has 2 aromatic heterocycles. The largest absolute Gasteiger partial charge is 0.394 e. The van der Waals surface area contributed by atoms with Gasteiger partial charge >= 0.3 is 0 Å². The maximum Gasteiger partial charge on any atom is 0.240 e. The first kappa shape index (κ1) is 21.1. The number of aliphatic hydroxyl groups excluding tert-OH is 1. The van der Waals surface area contributed by atoms with E-state index in [9.17, 15) is 4.79 Å². The van der Waals surface area contributed by atoms with Gasteiger partial charge in [0.1, 0.15) is 17.5 Å². The van der Waals surface area contributed by atoms with Gasteiger partial charge in [-0.25, -0.2) is 9.97 Å². The normalized spacial score (nSPS) is 16.2. The molecular formula is C20H25N5O3S. The topological polar surface area (TPSA) is 117 Å². The van der Waals surface area contributed by atoms with E-state index in [2.05, 4.69) is 9.97 Å². The van der Waals surface area contributed by atoms with Crippen LogP contribution in [0.3, 0.4) is 0 Å². The maximum atomic E-state index is 11.9. The number of fused-ring (bicyclic) bond motifs is 1. The van der Waals surface area contributed by atoms with E-state index >= 15 is 0 Å². The van der Waals surface area contributed by atoms with Crippen molar-refractivity contribution >= 4 is 36.3 Å². The molecule has 1 fully saturated rings. The molecule has 1 aliphatic rings. The van der Waals surface area contributed by atoms with Gasteiger partial charge in [-0.3, -0.25) is 4.79 Å². The molecule has 8 nitrogen and oxygen atoms in total. The number of hydrogen-bond donors (Lipinski definition) is 3. The van der Waals surface area contributed by atoms with Gasteiger partial charge in [0.05, 0.1) is 25.2 Å². The number of aromatic amines is 1. The zero-order chi connectivity index (χ0) is 19.5. The van der Waals surface area contributed by atoms with Crippen molar-refractivity contribution in [1.29, 1.82) is 0 Å². The van der Waals surface area contributed by atoms with Crippen molar-refractivity contribution in [2.45, 2.75) is 25.5 Å². The summed E-state index contributed by atoms with van der Waals surface area (Å²) in [5, 5.41) is 9.74. The van der Waals surface area contributed by atoms with Gasteiger partial charge in [-0.05, 0) is 18.9 Å². The molecule has 3 heterocycles. The van der Waals surface area contributed by atoms with Gasteiger partial charge in [0.15, 0.2) is 5.82 Å². The Hall–Kier alpha value is -2.62. The highest BCUT2D eigenvalue weighted by Crippen LogP contribution is 2.32. The Bertz CT molecular complexity index is 979. The molecule has 29 heavy (non-hydrogen) atoms. The third-order valence-electron chi connectivity index (χ3n) is 4.90. The molecule has 3 aromatic rings. The van der Waals surface area contributed by atoms with Crippen LogP contribution in [-0.2, 0) is 16.1 Å². The van der Waals surface area contributed by atoms with Crippen molar-refractivity contribution in [2.24, 2.45) is 5.73 Å². The van der Waals surface area contributed by atoms with Crippen LogP contribution in [0.4, 0.5) is 5.82 Å². The summed E-state index contributed by atoms with van der Waals surface area (Å²) in [6.07, 6.45) is 1.61. The van der Waals surface area contributed by atoms with Crippen molar-refractivity contribution in [3.05, 3.63) is 42.1 Å². The van der Waals surface area contributed by atoms with E-state index in [0.717, 1.165) is 36.0 Å². The number of carbonyl (C=O) groups excluding carboxylic acids is 1. The number of hydrogen-bond acceptors (Lipinski definition) is 6. The fourth-order valence-electron chi connectivity index (χ4n) is 3.62. The number of aliphatic hydroxyl groups is 1. The summed E-state index contributed by atoms with van der Waals surface area (Å²) < 4.78 is 5.42. The summed E-state index contributed by atoms with van der Waals surface area (Å²) in [6.45, 7) is 1.28. The lowest BCUT2D eigenvalue weighted by Crippen LogP contribution is -2.40. The minimum Gasteiger partial charge on any atom is -0.394 e. The van der Waals surface area contributed by atoms with Gasteiger partial charge in [-0.2, -0.15) is 13.5 Å². The van der Waals surface area contributed by atoms with Crippen LogP contribution in [0.2, 0.25) is 0 Å². The highest BCUT2D eigenvalue weighted by Gasteiger charge is 2.32. The summed E-state index contributed by atoms with van der Waals surface area (Å²) in [7, 11) is 0. The molecule has 0 radical (unpaired) electrons. The molecule has 4 N–H and O–H groups in total. The second kappa shape index (κ2) is 9.25. The third kappa shape index (κ3) is 4.36. The summed E-state index contributed by atoms with van der Waals surface area (Å²) in [6, 6.07) is 11.3. The molecule has 1 unspecified atom stereocenters. The highest BCUT2D eigenvalue weighted by atomic mass is 32.1. The first-order chi connectivity index (χ1) is 13.7. The van der Waals surface area contributed by atoms with Crippen LogP contribution in [0.25, 0.3) is 22.4 Å². The maximum absolute atomic E-state index is 11.9. The number of ether oxygens (including phenoxy) is 1. The van der Waals surface area contributed by atoms with Gasteiger partial charge in [0, 0.05) is 17.8 Å². The quantitative estimate of drug-likeness (QED) is 0.506. The van der Waals surface area contributed by atoms with Crippen LogP contribution in [0, 0.1) is 0 Å². The molecule has 1 aliphatic heterocycles. The fourth-order valence-corrected chi connectivity index (χ4v) is 3.62. The van der Waals surface area contributed by atoms with E-state index in [4.69, 9.17) is 20.6 Å². The van der Waals surface area contributed by atoms with E-state index in [0.29, 0.717) is 23.9 Å². The summed E-state index contributed by atoms with van der Waals surface area (Å²) >= 11 is 0. The molecule has 1 aromatic carbocycles. The minimum absolute atomic E-state index is 0. The number of aromatic nitrogens is 3. The Morgan fingerprint density at radius 3 is 2.83 bits per heavy atom. The van der Waals surface area contributed by atoms with Crippen molar-refractivity contribution in [2.75, 3.05) is 24.7 Å². The number of nitrogens with zero attached hydrogens (tertiary/aromatic N) is 3. The average molecular weight is 416 g/mol. The standard InChI is InChI=1S/C20H23N5O3.H2S/c21-17(27)16-7-4-8-25(16)20-15-11-14(12-28-10-9-26)22-19(15)23-18(24-20)13-5-2-1-3-6-13;/h1-3,5-6,11,16,26H,4,7-10,12H2,(H2,21,27)(H,22,23,24);1H2. The summed E-state index contributed by atoms with van der Waals surface area (Å²) in [4.78, 5) is 26.7. The second-order valence-corrected chi connectivity index (χ2v) is 6.82. The number of carbonyl (C=O) groups is 1. The molecule has 1 amide bonds. The van der Waals surface area contributed by atoms with Crippen LogP contribution in [0.1, 0.15) is 18.5 Å². The van der Waals surface area contributed by atoms with Crippen molar-refractivity contribution < 1.29 is 14.6 Å². The number of rotatable bonds is 7. The van der Waals surface area contributed by atoms with Gasteiger partial charge in [-0.15, -0.1) is 0 Å². The first-order valence-electron chi connectivity index (χ1n) is 9.37. The van der Waals surface area contributed by atoms with Gasteiger partial charge in [-0.1, -0.05) is 30.3 Å². The van der Waals surface area contributed by atoms with E-state index in [1.807, 2.05) is 41.3 Å². The first-order valence-corrected chi connectivity index (χ1v) is 9.37. The number of benzene rings is 1. The van der Waals surface area contributed by atoms with Crippen LogP contribution < -0.4 is 10.6 Å². The van der Waals surface area contributed by atoms with Crippen LogP contribution in [-0.4, -0.2) is 51.8 Å². The Morgan fingerprint density at radius 1 is 1.31 bits per heavy atom. The molecule has 1 atom stereocenters. The van der Waals surface area contributed by atoms with Crippen molar-refractivity contribution in [3.8, 4) is 11.4 Å². The molecular weight excluding hydrogens is 390 g/mol. The van der Waals surface area contributed by atoms with E-state index in [1.54, 1.807) is 0 Å². The number of anilines is 1. The monoisotopic (exact) mass is 415 g/mol. The van der Waals surface area contributed by atoms with E-state index < -0.39 is 0 Å². The Balaban J connectivity index is 0.00000240. The smallest absolute Gasteiger partial charge is 0.240 e. The number of amides is 1. The fraction of sp³-hybridized carbons (Fsp3) is 0.350. The predicted octanol–water partition coefficient (Wildman–Crippen LogP) is 1.70. The lowest BCUT2D eigenvalue weighted by atomic mass is 10.2. The molecule has 0 spiro atoms. The molecule has 0 aliphatic carbocycles. The Labute approximate surface area is 175 Å². The molecule has 0 saturated carbocycles. The Kier molecular flexibility index (Phi) is 6.73. The van der Waals surface area contributed by atoms with Gasteiger partial charge in [0.2, 0.25) is 5.91 Å².